The fourth-order valence-electron chi connectivity index (χ4n) is 7.69. The normalized spacial score (nSPS) is 10.1. The summed E-state index contributed by atoms with van der Waals surface area (Å²) in [6.45, 7) is 9.65. The first-order valence-electron chi connectivity index (χ1n) is 34.4. The van der Waals surface area contributed by atoms with Gasteiger partial charge in [-0.15, -0.1) is 35.3 Å². The van der Waals surface area contributed by atoms with Crippen LogP contribution in [0.15, 0.2) is 260 Å². The van der Waals surface area contributed by atoms with Crippen molar-refractivity contribution in [3.05, 3.63) is 302 Å². The van der Waals surface area contributed by atoms with Crippen molar-refractivity contribution in [3.8, 4) is 28.7 Å². The van der Waals surface area contributed by atoms with Gasteiger partial charge in [0.2, 0.25) is 0 Å². The molecule has 0 aliphatic heterocycles. The van der Waals surface area contributed by atoms with Crippen LogP contribution in [0.3, 0.4) is 0 Å². The van der Waals surface area contributed by atoms with E-state index in [1.165, 1.54) is 32.2 Å². The van der Waals surface area contributed by atoms with Gasteiger partial charge in [-0.25, -0.2) is 8.78 Å². The molecule has 0 aliphatic carbocycles. The van der Waals surface area contributed by atoms with Crippen LogP contribution >= 0.6 is 159 Å². The standard InChI is InChI=1S/C9H12BrN.C8H10BrNO.2C8H9Cl2NS.C8H10ClNO.C8H10ClN.2C8H10FNO.C8H10INO.C8H11NS/c10-9-5-3-8(4-6-9)2-1-7-11;9-7-2-1-3-8(6-7)11-5-4-10;9-6-3-7(10)5-8(4-6)12-2-1-11;9-7-2-1-6(5-8(7)10)12-4-3-11;9-7-3-1-2-4-8(7)11-6-5-10;1-6(10)7-4-2-3-5-8(7)9;9-7-2-1-3-8(6-7)11-5-4-10;9-7-3-1-2-4-8(7)11-6-5-10;9-7-2-1-3-8(6-7)11-5-4-10;9-6-7-10-8-4-2-1-3-5-8/h3-6H,1-2,7,11H2;1-3,6H,4-5,10H2;3-5H,1-2,11H2;1-2,5H,3-4,11H2;1-4H,5-6,10H2;2-6H,10H2,1H3;1-3,6H,4-5,10H2;1-4H,5-6,10H2;1-3,6H,4-5,10H2;1-5H,6-7,9H2. The quantitative estimate of drug-likeness (QED) is 0.0161. The summed E-state index contributed by atoms with van der Waals surface area (Å²) in [4.78, 5) is 3.47. The summed E-state index contributed by atoms with van der Waals surface area (Å²) in [6.07, 6.45) is 2.16. The molecule has 110 heavy (non-hydrogen) atoms. The molecule has 1 atom stereocenters. The largest absolute Gasteiger partial charge is 0.492 e. The van der Waals surface area contributed by atoms with Crippen LogP contribution < -0.4 is 81.0 Å². The Hall–Kier alpha value is -4.86. The molecule has 0 saturated heterocycles. The maximum atomic E-state index is 12.7. The second kappa shape index (κ2) is 68.5. The van der Waals surface area contributed by atoms with Crippen LogP contribution in [0.1, 0.15) is 30.5 Å². The molecule has 0 bridgehead atoms. The third-order valence-corrected chi connectivity index (χ3v) is 19.2. The number of ether oxygens (including phenoxy) is 5. The molecule has 10 aromatic carbocycles. The van der Waals surface area contributed by atoms with Crippen molar-refractivity contribution in [1.82, 2.24) is 0 Å². The molecule has 0 fully saturated rings. The molecular weight excluding hydrogens is 1830 g/mol. The van der Waals surface area contributed by atoms with E-state index < -0.39 is 0 Å². The molecule has 0 amide bonds. The molecule has 600 valence electrons. The lowest BCUT2D eigenvalue weighted by molar-refractivity contribution is 0.311. The number of para-hydroxylation sites is 2. The van der Waals surface area contributed by atoms with E-state index in [2.05, 4.69) is 90.8 Å². The summed E-state index contributed by atoms with van der Waals surface area (Å²) in [6, 6.07) is 72.6. The van der Waals surface area contributed by atoms with E-state index in [1.807, 2.05) is 140 Å². The number of hydrogen-bond acceptors (Lipinski definition) is 18. The first-order valence-corrected chi connectivity index (χ1v) is 42.3. The molecule has 1 unspecified atom stereocenters. The lowest BCUT2D eigenvalue weighted by Gasteiger charge is -2.05. The average molecular weight is 1930 g/mol. The zero-order chi connectivity index (χ0) is 81.4. The highest BCUT2D eigenvalue weighted by atomic mass is 127. The molecule has 0 spiro atoms. The topological polar surface area (TPSA) is 306 Å². The molecule has 0 radical (unpaired) electrons. The molecule has 0 aliphatic rings. The van der Waals surface area contributed by atoms with Gasteiger partial charge in [0.25, 0.3) is 0 Å². The second-order valence-corrected chi connectivity index (χ2v) is 30.7. The first-order chi connectivity index (χ1) is 53.1. The Bertz CT molecular complexity index is 3770. The van der Waals surface area contributed by atoms with Gasteiger partial charge in [0.1, 0.15) is 61.8 Å². The molecule has 0 saturated carbocycles. The van der Waals surface area contributed by atoms with Crippen LogP contribution in [-0.4, -0.2) is 109 Å². The predicted octanol–water partition coefficient (Wildman–Crippen LogP) is 19.9. The monoisotopic (exact) mass is 1920 g/mol. The lowest BCUT2D eigenvalue weighted by Crippen LogP contribution is -2.11. The highest BCUT2D eigenvalue weighted by Gasteiger charge is 2.05. The third-order valence-electron chi connectivity index (χ3n) is 12.6. The maximum Gasteiger partial charge on any atom is 0.165 e. The van der Waals surface area contributed by atoms with Crippen molar-refractivity contribution >= 4 is 159 Å². The number of thioether (sulfide) groups is 3. The summed E-state index contributed by atoms with van der Waals surface area (Å²) in [5.74, 6) is 5.37. The second-order valence-electron chi connectivity index (χ2n) is 21.7. The Balaban J connectivity index is 0.000000611. The van der Waals surface area contributed by atoms with Gasteiger partial charge in [0, 0.05) is 124 Å². The smallest absolute Gasteiger partial charge is 0.165 e. The number of rotatable bonds is 28. The average Bonchev–Trinajstić information content (AvgIpc) is 0.900. The van der Waals surface area contributed by atoms with Gasteiger partial charge in [0.05, 0.1) is 15.1 Å². The minimum Gasteiger partial charge on any atom is -0.492 e. The zero-order valence-corrected chi connectivity index (χ0v) is 73.5. The van der Waals surface area contributed by atoms with Crippen molar-refractivity contribution in [1.29, 1.82) is 0 Å². The van der Waals surface area contributed by atoms with Crippen molar-refractivity contribution in [2.75, 3.05) is 109 Å². The van der Waals surface area contributed by atoms with E-state index >= 15 is 0 Å². The number of aryl methyl sites for hydroxylation is 1. The SMILES string of the molecule is CC(N)c1ccccc1Cl.NCCCc1ccc(Br)cc1.NCCOc1cccc(Br)c1.NCCOc1cccc(F)c1.NCCOc1cccc(I)c1.NCCOc1ccccc1Cl.NCCOc1ccccc1F.NCCSc1cc(Cl)cc(Cl)c1.NCCSc1ccc(Cl)c(Cl)c1.NCCSc1ccccc1. The predicted molar refractivity (Wildman–Crippen MR) is 485 cm³/mol. The number of benzene rings is 10. The van der Waals surface area contributed by atoms with Crippen molar-refractivity contribution in [3.63, 3.8) is 0 Å². The Labute approximate surface area is 722 Å². The molecule has 0 heterocycles. The third kappa shape index (κ3) is 54.0. The summed E-state index contributed by atoms with van der Waals surface area (Å²) < 4.78 is 54.4. The highest BCUT2D eigenvalue weighted by molar-refractivity contribution is 14.1. The van der Waals surface area contributed by atoms with E-state index in [4.69, 9.17) is 151 Å². The van der Waals surface area contributed by atoms with Crippen LogP contribution in [0.25, 0.3) is 0 Å². The Morgan fingerprint density at radius 2 is 0.836 bits per heavy atom. The maximum absolute atomic E-state index is 12.7. The van der Waals surface area contributed by atoms with E-state index in [0.29, 0.717) is 115 Å². The fourth-order valence-corrected chi connectivity index (χ4v) is 12.6. The van der Waals surface area contributed by atoms with Crippen LogP contribution in [0.5, 0.6) is 28.7 Å². The molecule has 10 aromatic rings. The lowest BCUT2D eigenvalue weighted by atomic mass is 10.1. The van der Waals surface area contributed by atoms with Gasteiger partial charge in [-0.05, 0) is 200 Å². The van der Waals surface area contributed by atoms with E-state index in [-0.39, 0.29) is 23.4 Å². The summed E-state index contributed by atoms with van der Waals surface area (Å²) in [5.41, 5.74) is 55.7. The molecule has 20 N–H and O–H groups in total. The van der Waals surface area contributed by atoms with Gasteiger partial charge in [0.15, 0.2) is 11.6 Å². The summed E-state index contributed by atoms with van der Waals surface area (Å²) >= 11 is 48.9. The summed E-state index contributed by atoms with van der Waals surface area (Å²) in [5, 5.41) is 3.90. The zero-order valence-electron chi connectivity index (χ0n) is 61.2. The van der Waals surface area contributed by atoms with Gasteiger partial charge in [-0.3, -0.25) is 0 Å². The Kier molecular flexibility index (Phi) is 64.3. The molecule has 15 nitrogen and oxygen atoms in total. The van der Waals surface area contributed by atoms with Crippen molar-refractivity contribution in [2.24, 2.45) is 57.3 Å². The van der Waals surface area contributed by atoms with Gasteiger partial charge >= 0.3 is 0 Å². The van der Waals surface area contributed by atoms with Crippen LogP contribution in [-0.2, 0) is 6.42 Å². The van der Waals surface area contributed by atoms with Gasteiger partial charge in [-0.1, -0.05) is 192 Å². The number of hydrogen-bond donors (Lipinski definition) is 10. The molecule has 10 rings (SSSR count). The number of nitrogens with two attached hydrogens (primary N) is 10. The van der Waals surface area contributed by atoms with E-state index in [9.17, 15) is 8.78 Å². The van der Waals surface area contributed by atoms with Crippen LogP contribution in [0, 0.1) is 15.2 Å². The van der Waals surface area contributed by atoms with Crippen molar-refractivity contribution < 1.29 is 32.5 Å². The molecule has 29 heteroatoms. The summed E-state index contributed by atoms with van der Waals surface area (Å²) in [7, 11) is 0. The van der Waals surface area contributed by atoms with Crippen LogP contribution in [0.2, 0.25) is 30.1 Å². The van der Waals surface area contributed by atoms with E-state index in [0.717, 1.165) is 84.0 Å². The van der Waals surface area contributed by atoms with E-state index in [1.54, 1.807) is 83.8 Å². The van der Waals surface area contributed by atoms with Gasteiger partial charge in [-0.2, -0.15) is 0 Å². The molecule has 0 aromatic heterocycles. The first kappa shape index (κ1) is 103. The number of halogens is 11. The fraction of sp³-hybridized carbons (Fsp3) is 0.259. The Morgan fingerprint density at radius 1 is 0.373 bits per heavy atom. The van der Waals surface area contributed by atoms with Gasteiger partial charge < -0.3 is 81.0 Å². The molecular formula is C81H101Br2Cl6F2IN10O5S3. The minimum atomic E-state index is -0.346. The minimum absolute atomic E-state index is 0.0219. The highest BCUT2D eigenvalue weighted by Crippen LogP contribution is 2.29. The Morgan fingerprint density at radius 3 is 1.32 bits per heavy atom. The van der Waals surface area contributed by atoms with Crippen LogP contribution in [0.4, 0.5) is 8.78 Å². The van der Waals surface area contributed by atoms with Crippen molar-refractivity contribution in [2.45, 2.75) is 40.5 Å².